The maximum atomic E-state index is 12.1. The molecule has 1 amide bonds. The zero-order chi connectivity index (χ0) is 13.8. The van der Waals surface area contributed by atoms with E-state index in [4.69, 9.17) is 0 Å². The molecule has 0 aromatic carbocycles. The molecule has 1 aromatic rings. The lowest BCUT2D eigenvalue weighted by Crippen LogP contribution is -2.45. The SMILES string of the molecule is Cc1cc(C(=O)NC2CCCCC2C(=O)O)ccn1. The second-order valence-electron chi connectivity index (χ2n) is 5.00. The van der Waals surface area contributed by atoms with Crippen LogP contribution in [0, 0.1) is 12.8 Å². The summed E-state index contributed by atoms with van der Waals surface area (Å²) in [4.78, 5) is 27.3. The summed E-state index contributed by atoms with van der Waals surface area (Å²) in [6.45, 7) is 1.82. The Morgan fingerprint density at radius 1 is 1.37 bits per heavy atom. The van der Waals surface area contributed by atoms with E-state index in [1.54, 1.807) is 18.3 Å². The molecule has 0 bridgehead atoms. The summed E-state index contributed by atoms with van der Waals surface area (Å²) < 4.78 is 0. The Hall–Kier alpha value is -1.91. The number of hydrogen-bond donors (Lipinski definition) is 2. The lowest BCUT2D eigenvalue weighted by Gasteiger charge is -2.29. The van der Waals surface area contributed by atoms with Gasteiger partial charge in [-0.1, -0.05) is 12.8 Å². The van der Waals surface area contributed by atoms with Gasteiger partial charge in [0.05, 0.1) is 5.92 Å². The number of aromatic nitrogens is 1. The van der Waals surface area contributed by atoms with Crippen molar-refractivity contribution < 1.29 is 14.7 Å². The largest absolute Gasteiger partial charge is 0.481 e. The number of carbonyl (C=O) groups is 2. The molecule has 0 radical (unpaired) electrons. The molecule has 0 spiro atoms. The van der Waals surface area contributed by atoms with Gasteiger partial charge in [-0.15, -0.1) is 0 Å². The highest BCUT2D eigenvalue weighted by molar-refractivity contribution is 5.94. The Morgan fingerprint density at radius 3 is 2.79 bits per heavy atom. The number of carboxylic acids is 1. The van der Waals surface area contributed by atoms with Crippen LogP contribution in [0.25, 0.3) is 0 Å². The first-order valence-corrected chi connectivity index (χ1v) is 6.54. The summed E-state index contributed by atoms with van der Waals surface area (Å²) in [6, 6.07) is 3.07. The van der Waals surface area contributed by atoms with Gasteiger partial charge in [0.2, 0.25) is 0 Å². The van der Waals surface area contributed by atoms with Gasteiger partial charge in [0.1, 0.15) is 0 Å². The van der Waals surface area contributed by atoms with Crippen molar-refractivity contribution in [3.05, 3.63) is 29.6 Å². The lowest BCUT2D eigenvalue weighted by atomic mass is 9.84. The standard InChI is InChI=1S/C14H18N2O3/c1-9-8-10(6-7-15-9)13(17)16-12-5-3-2-4-11(12)14(18)19/h6-8,11-12H,2-5H2,1H3,(H,16,17)(H,18,19). The van der Waals surface area contributed by atoms with E-state index in [1.807, 2.05) is 6.92 Å². The van der Waals surface area contributed by atoms with E-state index in [0.29, 0.717) is 12.0 Å². The van der Waals surface area contributed by atoms with E-state index >= 15 is 0 Å². The molecule has 19 heavy (non-hydrogen) atoms. The Bertz CT molecular complexity index is 487. The molecule has 0 aliphatic heterocycles. The predicted molar refractivity (Wildman–Crippen MR) is 69.8 cm³/mol. The van der Waals surface area contributed by atoms with E-state index in [9.17, 15) is 14.7 Å². The Kier molecular flexibility index (Phi) is 4.14. The molecule has 1 heterocycles. The van der Waals surface area contributed by atoms with Crippen molar-refractivity contribution in [2.24, 2.45) is 5.92 Å². The number of carbonyl (C=O) groups excluding carboxylic acids is 1. The number of rotatable bonds is 3. The van der Waals surface area contributed by atoms with Crippen LogP contribution in [-0.4, -0.2) is 28.0 Å². The van der Waals surface area contributed by atoms with Crippen LogP contribution in [-0.2, 0) is 4.79 Å². The molecule has 1 aliphatic rings. The van der Waals surface area contributed by atoms with E-state index in [1.165, 1.54) is 0 Å². The minimum atomic E-state index is -0.823. The molecule has 2 unspecified atom stereocenters. The van der Waals surface area contributed by atoms with Gasteiger partial charge < -0.3 is 10.4 Å². The lowest BCUT2D eigenvalue weighted by molar-refractivity contribution is -0.143. The van der Waals surface area contributed by atoms with Crippen molar-refractivity contribution >= 4 is 11.9 Å². The van der Waals surface area contributed by atoms with Crippen LogP contribution in [0.2, 0.25) is 0 Å². The average molecular weight is 262 g/mol. The van der Waals surface area contributed by atoms with Crippen molar-refractivity contribution in [1.82, 2.24) is 10.3 Å². The molecule has 1 aromatic heterocycles. The minimum Gasteiger partial charge on any atom is -0.481 e. The number of carboxylic acid groups (broad SMARTS) is 1. The Morgan fingerprint density at radius 2 is 2.11 bits per heavy atom. The first-order valence-electron chi connectivity index (χ1n) is 6.54. The summed E-state index contributed by atoms with van der Waals surface area (Å²) in [6.07, 6.45) is 4.82. The molecule has 102 valence electrons. The van der Waals surface area contributed by atoms with E-state index < -0.39 is 11.9 Å². The third kappa shape index (κ3) is 3.30. The van der Waals surface area contributed by atoms with E-state index in [2.05, 4.69) is 10.3 Å². The Balaban J connectivity index is 2.07. The molecule has 1 aliphatic carbocycles. The van der Waals surface area contributed by atoms with Crippen LogP contribution >= 0.6 is 0 Å². The molecule has 5 nitrogen and oxygen atoms in total. The predicted octanol–water partition coefficient (Wildman–Crippen LogP) is 1.76. The highest BCUT2D eigenvalue weighted by Crippen LogP contribution is 2.25. The van der Waals surface area contributed by atoms with Crippen molar-refractivity contribution in [2.45, 2.75) is 38.6 Å². The third-order valence-electron chi connectivity index (χ3n) is 3.56. The highest BCUT2D eigenvalue weighted by Gasteiger charge is 2.31. The minimum absolute atomic E-state index is 0.219. The van der Waals surface area contributed by atoms with Crippen LogP contribution in [0.3, 0.4) is 0 Å². The van der Waals surface area contributed by atoms with Gasteiger partial charge in [-0.25, -0.2) is 0 Å². The number of aliphatic carboxylic acids is 1. The molecule has 0 saturated heterocycles. The van der Waals surface area contributed by atoms with Crippen LogP contribution in [0.5, 0.6) is 0 Å². The van der Waals surface area contributed by atoms with Gasteiger partial charge in [-0.2, -0.15) is 0 Å². The summed E-state index contributed by atoms with van der Waals surface area (Å²) in [5.41, 5.74) is 1.30. The number of nitrogens with one attached hydrogen (secondary N) is 1. The number of aryl methyl sites for hydroxylation is 1. The highest BCUT2D eigenvalue weighted by atomic mass is 16.4. The van der Waals surface area contributed by atoms with Gasteiger partial charge in [0.25, 0.3) is 5.91 Å². The first kappa shape index (κ1) is 13.5. The third-order valence-corrected chi connectivity index (χ3v) is 3.56. The summed E-state index contributed by atoms with van der Waals surface area (Å²) >= 11 is 0. The zero-order valence-corrected chi connectivity index (χ0v) is 10.9. The monoisotopic (exact) mass is 262 g/mol. The van der Waals surface area contributed by atoms with Gasteiger partial charge >= 0.3 is 5.97 Å². The molecule has 2 N–H and O–H groups in total. The molecule has 1 saturated carbocycles. The molecule has 1 fully saturated rings. The van der Waals surface area contributed by atoms with Crippen LogP contribution in [0.4, 0.5) is 0 Å². The fourth-order valence-electron chi connectivity index (χ4n) is 2.54. The van der Waals surface area contributed by atoms with Gasteiger partial charge in [0, 0.05) is 23.5 Å². The number of hydrogen-bond acceptors (Lipinski definition) is 3. The molecule has 5 heteroatoms. The van der Waals surface area contributed by atoms with Crippen molar-refractivity contribution in [2.75, 3.05) is 0 Å². The molecule has 2 atom stereocenters. The van der Waals surface area contributed by atoms with Crippen molar-refractivity contribution in [3.8, 4) is 0 Å². The molecular weight excluding hydrogens is 244 g/mol. The maximum Gasteiger partial charge on any atom is 0.308 e. The normalized spacial score (nSPS) is 22.8. The number of nitrogens with zero attached hydrogens (tertiary/aromatic N) is 1. The fraction of sp³-hybridized carbons (Fsp3) is 0.500. The van der Waals surface area contributed by atoms with Crippen molar-refractivity contribution in [3.63, 3.8) is 0 Å². The van der Waals surface area contributed by atoms with Gasteiger partial charge in [-0.05, 0) is 31.9 Å². The number of pyridine rings is 1. The van der Waals surface area contributed by atoms with Gasteiger partial charge in [0.15, 0.2) is 0 Å². The van der Waals surface area contributed by atoms with Crippen LogP contribution < -0.4 is 5.32 Å². The van der Waals surface area contributed by atoms with Gasteiger partial charge in [-0.3, -0.25) is 14.6 Å². The quantitative estimate of drug-likeness (QED) is 0.870. The van der Waals surface area contributed by atoms with E-state index in [0.717, 1.165) is 25.0 Å². The Labute approximate surface area is 112 Å². The zero-order valence-electron chi connectivity index (χ0n) is 10.9. The molecule has 2 rings (SSSR count). The second-order valence-corrected chi connectivity index (χ2v) is 5.00. The summed E-state index contributed by atoms with van der Waals surface area (Å²) in [7, 11) is 0. The maximum absolute atomic E-state index is 12.1. The second kappa shape index (κ2) is 5.82. The van der Waals surface area contributed by atoms with E-state index in [-0.39, 0.29) is 11.9 Å². The average Bonchev–Trinajstić information content (AvgIpc) is 2.39. The fourth-order valence-corrected chi connectivity index (χ4v) is 2.54. The smallest absolute Gasteiger partial charge is 0.308 e. The van der Waals surface area contributed by atoms with Crippen LogP contribution in [0.15, 0.2) is 18.3 Å². The number of amides is 1. The summed E-state index contributed by atoms with van der Waals surface area (Å²) in [5.74, 6) is -1.51. The van der Waals surface area contributed by atoms with Crippen LogP contribution in [0.1, 0.15) is 41.7 Å². The first-order chi connectivity index (χ1) is 9.08. The summed E-state index contributed by atoms with van der Waals surface area (Å²) in [5, 5.41) is 12.0. The topological polar surface area (TPSA) is 79.3 Å². The molecular formula is C14H18N2O3. The van der Waals surface area contributed by atoms with Crippen molar-refractivity contribution in [1.29, 1.82) is 0 Å².